The van der Waals surface area contributed by atoms with Crippen LogP contribution in [0.15, 0.2) is 0 Å². The van der Waals surface area contributed by atoms with E-state index >= 15 is 0 Å². The summed E-state index contributed by atoms with van der Waals surface area (Å²) in [6.45, 7) is 2.25. The molecule has 0 aromatic carbocycles. The van der Waals surface area contributed by atoms with Crippen molar-refractivity contribution in [3.8, 4) is 0 Å². The Balaban J connectivity index is 0. The van der Waals surface area contributed by atoms with Crippen molar-refractivity contribution in [2.24, 2.45) is 0 Å². The number of carbonyl (C=O) groups is 1. The van der Waals surface area contributed by atoms with E-state index in [0.717, 1.165) is 12.8 Å². The average Bonchev–Trinajstić information content (AvgIpc) is 2.53. The summed E-state index contributed by atoms with van der Waals surface area (Å²) in [5.41, 5.74) is 0. The van der Waals surface area contributed by atoms with E-state index in [9.17, 15) is 9.90 Å². The number of aliphatic hydroxyl groups is 1. The van der Waals surface area contributed by atoms with E-state index in [2.05, 4.69) is 6.92 Å². The fraction of sp³-hybridized carbons (Fsp3) is 0.944. The van der Waals surface area contributed by atoms with Gasteiger partial charge in [-0.15, -0.1) is 0 Å². The van der Waals surface area contributed by atoms with Crippen LogP contribution in [0.3, 0.4) is 0 Å². The first-order chi connectivity index (χ1) is 11.6. The SMILES string of the molecule is CCCCCCCCCCCCCC(O)CCCC(=O)O.[O]=[Ti][OH]. The summed E-state index contributed by atoms with van der Waals surface area (Å²) in [6.07, 6.45) is 16.4. The first kappa shape index (κ1) is 26.1. The van der Waals surface area contributed by atoms with E-state index in [4.69, 9.17) is 12.1 Å². The predicted molar refractivity (Wildman–Crippen MR) is 91.5 cm³/mol. The van der Waals surface area contributed by atoms with Crippen molar-refractivity contribution < 1.29 is 41.5 Å². The van der Waals surface area contributed by atoms with Crippen LogP contribution in [-0.4, -0.2) is 26.0 Å². The van der Waals surface area contributed by atoms with Crippen LogP contribution in [0.25, 0.3) is 0 Å². The molecule has 0 saturated carbocycles. The van der Waals surface area contributed by atoms with Crippen LogP contribution in [0.4, 0.5) is 0 Å². The molecule has 0 aliphatic carbocycles. The summed E-state index contributed by atoms with van der Waals surface area (Å²) >= 11 is -1.75. The molecule has 0 aromatic rings. The van der Waals surface area contributed by atoms with Gasteiger partial charge in [0.15, 0.2) is 0 Å². The summed E-state index contributed by atoms with van der Waals surface area (Å²) < 4.78 is 15.8. The fourth-order valence-electron chi connectivity index (χ4n) is 2.68. The van der Waals surface area contributed by atoms with Crippen LogP contribution in [0.5, 0.6) is 0 Å². The molecule has 0 spiro atoms. The number of hydrogen-bond donors (Lipinski definition) is 3. The summed E-state index contributed by atoms with van der Waals surface area (Å²) in [7, 11) is 0. The monoisotopic (exact) mass is 381 g/mol. The third kappa shape index (κ3) is 26.8. The number of carboxylic acid groups (broad SMARTS) is 1. The quantitative estimate of drug-likeness (QED) is 0.268. The molecule has 24 heavy (non-hydrogen) atoms. The Morgan fingerprint density at radius 3 is 1.62 bits per heavy atom. The second-order valence-electron chi connectivity index (χ2n) is 6.36. The fourth-order valence-corrected chi connectivity index (χ4v) is 2.68. The summed E-state index contributed by atoms with van der Waals surface area (Å²) in [4.78, 5) is 10.4. The predicted octanol–water partition coefficient (Wildman–Crippen LogP) is 4.63. The molecule has 143 valence electrons. The Kier molecular flexibility index (Phi) is 24.9. The van der Waals surface area contributed by atoms with Crippen molar-refractivity contribution >= 4 is 5.97 Å². The van der Waals surface area contributed by atoms with Crippen molar-refractivity contribution in [3.05, 3.63) is 0 Å². The van der Waals surface area contributed by atoms with Gasteiger partial charge in [0.1, 0.15) is 0 Å². The summed E-state index contributed by atoms with van der Waals surface area (Å²) in [6, 6.07) is 0. The number of aliphatic hydroxyl groups excluding tert-OH is 1. The minimum atomic E-state index is -1.75. The van der Waals surface area contributed by atoms with Crippen molar-refractivity contribution in [1.82, 2.24) is 0 Å². The van der Waals surface area contributed by atoms with Crippen molar-refractivity contribution in [2.45, 2.75) is 109 Å². The Hall–Kier alpha value is -0.0957. The Bertz CT molecular complexity index is 274. The molecule has 1 unspecified atom stereocenters. The molecule has 0 aliphatic rings. The first-order valence-electron chi connectivity index (χ1n) is 9.49. The number of unbranched alkanes of at least 4 members (excludes halogenated alkanes) is 10. The molecule has 5 nitrogen and oxygen atoms in total. The maximum absolute atomic E-state index is 10.4. The molecule has 1 atom stereocenters. The Labute approximate surface area is 157 Å². The van der Waals surface area contributed by atoms with E-state index in [1.165, 1.54) is 64.2 Å². The van der Waals surface area contributed by atoms with Gasteiger partial charge in [-0.1, -0.05) is 77.6 Å². The van der Waals surface area contributed by atoms with Crippen LogP contribution in [0, 0.1) is 0 Å². The van der Waals surface area contributed by atoms with Gasteiger partial charge >= 0.3 is 32.5 Å². The van der Waals surface area contributed by atoms with E-state index in [-0.39, 0.29) is 12.5 Å². The molecule has 0 fully saturated rings. The van der Waals surface area contributed by atoms with Gasteiger partial charge in [0.2, 0.25) is 0 Å². The zero-order valence-electron chi connectivity index (χ0n) is 15.3. The van der Waals surface area contributed by atoms with Crippen molar-refractivity contribution in [1.29, 1.82) is 0 Å². The van der Waals surface area contributed by atoms with Gasteiger partial charge in [-0.25, -0.2) is 0 Å². The third-order valence-corrected chi connectivity index (χ3v) is 4.07. The normalized spacial score (nSPS) is 11.3. The molecule has 0 radical (unpaired) electrons. The van der Waals surface area contributed by atoms with Crippen LogP contribution in [0.1, 0.15) is 103 Å². The minimum absolute atomic E-state index is 0.176. The number of aliphatic carboxylic acids is 1. The van der Waals surface area contributed by atoms with E-state index in [0.29, 0.717) is 12.8 Å². The molecule has 6 heteroatoms. The summed E-state index contributed by atoms with van der Waals surface area (Å²) in [5.74, 6) is -0.767. The zero-order valence-corrected chi connectivity index (χ0v) is 16.9. The summed E-state index contributed by atoms with van der Waals surface area (Å²) in [5, 5.41) is 18.2. The van der Waals surface area contributed by atoms with Crippen LogP contribution < -0.4 is 0 Å². The molecule has 0 bridgehead atoms. The number of rotatable bonds is 16. The second kappa shape index (κ2) is 22.9. The van der Waals surface area contributed by atoms with Crippen LogP contribution in [0.2, 0.25) is 0 Å². The molecule has 3 N–H and O–H groups in total. The first-order valence-corrected chi connectivity index (χ1v) is 10.8. The van der Waals surface area contributed by atoms with Crippen molar-refractivity contribution in [2.75, 3.05) is 0 Å². The van der Waals surface area contributed by atoms with Crippen LogP contribution >= 0.6 is 0 Å². The average molecular weight is 381 g/mol. The molecular formula is C18H37O5Ti. The van der Waals surface area contributed by atoms with Gasteiger partial charge in [-0.3, -0.25) is 4.79 Å². The van der Waals surface area contributed by atoms with Gasteiger partial charge in [-0.2, -0.15) is 0 Å². The third-order valence-electron chi connectivity index (χ3n) is 4.07. The van der Waals surface area contributed by atoms with Gasteiger partial charge < -0.3 is 10.2 Å². The van der Waals surface area contributed by atoms with Gasteiger partial charge in [-0.05, 0) is 19.3 Å². The number of carboxylic acids is 1. The zero-order chi connectivity index (χ0) is 18.5. The van der Waals surface area contributed by atoms with Crippen LogP contribution in [-0.2, 0) is 27.6 Å². The number of hydrogen-bond acceptors (Lipinski definition) is 3. The molecule has 0 aromatic heterocycles. The molecule has 0 heterocycles. The topological polar surface area (TPSA) is 94.8 Å². The van der Waals surface area contributed by atoms with E-state index in [1.54, 1.807) is 0 Å². The van der Waals surface area contributed by atoms with Gasteiger partial charge in [0.25, 0.3) is 0 Å². The Morgan fingerprint density at radius 1 is 0.833 bits per heavy atom. The standard InChI is InChI=1S/C18H36O3.H2O.O.Ti/c1-2-3-4-5-6-7-8-9-10-11-12-14-17(19)15-13-16-18(20)21;;;/h17,19H,2-16H2,1H3,(H,20,21);1H2;;/q;;;+1/p-1. The second-order valence-corrected chi connectivity index (χ2v) is 6.64. The molecule has 0 amide bonds. The van der Waals surface area contributed by atoms with Gasteiger partial charge in [0.05, 0.1) is 6.10 Å². The molecule has 0 saturated heterocycles. The molecule has 0 rings (SSSR count). The van der Waals surface area contributed by atoms with Crippen molar-refractivity contribution in [3.63, 3.8) is 0 Å². The maximum atomic E-state index is 10.4. The molecular weight excluding hydrogens is 344 g/mol. The Morgan fingerprint density at radius 2 is 1.21 bits per heavy atom. The molecule has 0 aliphatic heterocycles. The van der Waals surface area contributed by atoms with E-state index < -0.39 is 25.5 Å². The van der Waals surface area contributed by atoms with Gasteiger partial charge in [0, 0.05) is 6.42 Å². The van der Waals surface area contributed by atoms with E-state index in [1.807, 2.05) is 0 Å².